The first kappa shape index (κ1) is 14.6. The lowest BCUT2D eigenvalue weighted by atomic mass is 10.1. The molecule has 0 radical (unpaired) electrons. The van der Waals surface area contributed by atoms with Gasteiger partial charge in [0.05, 0.1) is 0 Å². The number of rotatable bonds is 5. The molecule has 0 aliphatic heterocycles. The molecule has 1 rings (SSSR count). The number of benzene rings is 1. The van der Waals surface area contributed by atoms with Gasteiger partial charge in [-0.2, -0.15) is 5.26 Å². The van der Waals surface area contributed by atoms with Gasteiger partial charge in [-0.05, 0) is 12.2 Å². The van der Waals surface area contributed by atoms with Crippen LogP contribution in [0.1, 0.15) is 10.4 Å². The van der Waals surface area contributed by atoms with Crippen LogP contribution in [-0.4, -0.2) is 17.4 Å². The van der Waals surface area contributed by atoms with Crippen molar-refractivity contribution in [2.24, 2.45) is 0 Å². The Labute approximate surface area is 117 Å². The van der Waals surface area contributed by atoms with Gasteiger partial charge in [0, 0.05) is 18.3 Å². The van der Waals surface area contributed by atoms with E-state index in [1.807, 2.05) is 6.07 Å². The number of hydrogen-bond acceptors (Lipinski definition) is 3. The number of nitrogens with one attached hydrogen (secondary N) is 2. The van der Waals surface area contributed by atoms with Gasteiger partial charge < -0.3 is 10.6 Å². The van der Waals surface area contributed by atoms with Crippen molar-refractivity contribution in [1.82, 2.24) is 10.6 Å². The van der Waals surface area contributed by atoms with Crippen LogP contribution in [0.15, 0.2) is 54.8 Å². The van der Waals surface area contributed by atoms with E-state index < -0.39 is 0 Å². The van der Waals surface area contributed by atoms with Gasteiger partial charge in [-0.1, -0.05) is 36.4 Å². The number of allylic oxidation sites excluding steroid dienone is 1. The van der Waals surface area contributed by atoms with Crippen molar-refractivity contribution >= 4 is 23.1 Å². The molecule has 0 aromatic heterocycles. The maximum Gasteiger partial charge on any atom is 0.205 e. The quantitative estimate of drug-likeness (QED) is 0.282. The summed E-state index contributed by atoms with van der Waals surface area (Å²) < 4.78 is 0. The molecule has 4 nitrogen and oxygen atoms in total. The van der Waals surface area contributed by atoms with Crippen LogP contribution in [-0.2, 0) is 0 Å². The molecule has 0 unspecified atom stereocenters. The number of carbonyl (C=O) groups is 1. The first-order valence-electron chi connectivity index (χ1n) is 5.54. The average Bonchev–Trinajstić information content (AvgIpc) is 2.46. The Kier molecular flexibility index (Phi) is 5.99. The van der Waals surface area contributed by atoms with Crippen LogP contribution >= 0.6 is 12.2 Å². The molecule has 0 saturated carbocycles. The van der Waals surface area contributed by atoms with E-state index in [2.05, 4.69) is 17.2 Å². The van der Waals surface area contributed by atoms with Crippen LogP contribution in [0.2, 0.25) is 0 Å². The Hall–Kier alpha value is -2.45. The average molecular weight is 271 g/mol. The molecule has 0 bridgehead atoms. The number of nitrogens with zero attached hydrogens (tertiary/aromatic N) is 1. The zero-order chi connectivity index (χ0) is 14.1. The highest BCUT2D eigenvalue weighted by Crippen LogP contribution is 2.06. The summed E-state index contributed by atoms with van der Waals surface area (Å²) in [6, 6.07) is 10.5. The van der Waals surface area contributed by atoms with Crippen LogP contribution in [0.4, 0.5) is 0 Å². The molecule has 1 aromatic rings. The normalized spacial score (nSPS) is 10.2. The van der Waals surface area contributed by atoms with E-state index in [-0.39, 0.29) is 11.4 Å². The van der Waals surface area contributed by atoms with E-state index in [0.717, 1.165) is 0 Å². The Morgan fingerprint density at radius 2 is 2.11 bits per heavy atom. The summed E-state index contributed by atoms with van der Waals surface area (Å²) in [6.45, 7) is 4.05. The molecule has 19 heavy (non-hydrogen) atoms. The second kappa shape index (κ2) is 7.80. The Balaban J connectivity index is 2.73. The van der Waals surface area contributed by atoms with Gasteiger partial charge in [0.15, 0.2) is 5.11 Å². The Morgan fingerprint density at radius 3 is 2.68 bits per heavy atom. The highest BCUT2D eigenvalue weighted by atomic mass is 32.1. The van der Waals surface area contributed by atoms with Gasteiger partial charge in [0.25, 0.3) is 0 Å². The van der Waals surface area contributed by atoms with Gasteiger partial charge in [-0.25, -0.2) is 0 Å². The third-order valence-electron chi connectivity index (χ3n) is 2.16. The SMILES string of the molecule is C=CCNC(=S)N/C=C(\C#N)C(=O)c1ccccc1. The maximum atomic E-state index is 12.0. The molecule has 1 aromatic carbocycles. The van der Waals surface area contributed by atoms with Crippen molar-refractivity contribution in [3.63, 3.8) is 0 Å². The van der Waals surface area contributed by atoms with Crippen molar-refractivity contribution in [2.75, 3.05) is 6.54 Å². The van der Waals surface area contributed by atoms with Gasteiger partial charge in [-0.3, -0.25) is 4.79 Å². The fourth-order valence-electron chi connectivity index (χ4n) is 1.25. The number of carbonyl (C=O) groups excluding carboxylic acids is 1. The highest BCUT2D eigenvalue weighted by Gasteiger charge is 2.11. The Morgan fingerprint density at radius 1 is 1.42 bits per heavy atom. The molecule has 96 valence electrons. The van der Waals surface area contributed by atoms with Crippen molar-refractivity contribution in [3.05, 3.63) is 60.3 Å². The summed E-state index contributed by atoms with van der Waals surface area (Å²) >= 11 is 4.95. The predicted molar refractivity (Wildman–Crippen MR) is 78.4 cm³/mol. The van der Waals surface area contributed by atoms with Crippen LogP contribution in [0, 0.1) is 11.3 Å². The molecule has 2 N–H and O–H groups in total. The molecule has 0 heterocycles. The second-order valence-electron chi connectivity index (χ2n) is 3.51. The maximum absolute atomic E-state index is 12.0. The van der Waals surface area contributed by atoms with Crippen LogP contribution in [0.25, 0.3) is 0 Å². The minimum atomic E-state index is -0.345. The number of thiocarbonyl (C=S) groups is 1. The number of hydrogen-bond donors (Lipinski definition) is 2. The summed E-state index contributed by atoms with van der Waals surface area (Å²) in [5.41, 5.74) is 0.455. The molecule has 0 atom stereocenters. The fourth-order valence-corrected chi connectivity index (χ4v) is 1.39. The highest BCUT2D eigenvalue weighted by molar-refractivity contribution is 7.80. The second-order valence-corrected chi connectivity index (χ2v) is 3.92. The predicted octanol–water partition coefficient (Wildman–Crippen LogP) is 1.93. The van der Waals surface area contributed by atoms with Crippen LogP contribution in [0.3, 0.4) is 0 Å². The minimum Gasteiger partial charge on any atom is -0.359 e. The lowest BCUT2D eigenvalue weighted by Gasteiger charge is -2.05. The number of nitriles is 1. The third kappa shape index (κ3) is 4.74. The molecule has 0 amide bonds. The standard InChI is InChI=1S/C14H13N3OS/c1-2-8-16-14(19)17-10-12(9-15)13(18)11-6-4-3-5-7-11/h2-7,10H,1,8H2,(H2,16,17,19)/b12-10+. The lowest BCUT2D eigenvalue weighted by Crippen LogP contribution is -2.32. The largest absolute Gasteiger partial charge is 0.359 e. The number of ketones is 1. The Bertz CT molecular complexity index is 544. The zero-order valence-electron chi connectivity index (χ0n) is 10.2. The van der Waals surface area contributed by atoms with Crippen molar-refractivity contribution in [3.8, 4) is 6.07 Å². The topological polar surface area (TPSA) is 64.9 Å². The number of Topliss-reactive ketones (excluding diaryl/α,β-unsaturated/α-hetero) is 1. The van der Waals surface area contributed by atoms with Crippen molar-refractivity contribution in [2.45, 2.75) is 0 Å². The molecule has 0 spiro atoms. The molecular formula is C14H13N3OS. The van der Waals surface area contributed by atoms with Gasteiger partial charge >= 0.3 is 0 Å². The van der Waals surface area contributed by atoms with Crippen molar-refractivity contribution in [1.29, 1.82) is 5.26 Å². The van der Waals surface area contributed by atoms with Crippen molar-refractivity contribution < 1.29 is 4.79 Å². The summed E-state index contributed by atoms with van der Waals surface area (Å²) in [5, 5.41) is 14.8. The lowest BCUT2D eigenvalue weighted by molar-refractivity contribution is 0.103. The van der Waals surface area contributed by atoms with Gasteiger partial charge in [-0.15, -0.1) is 6.58 Å². The van der Waals surface area contributed by atoms with E-state index in [1.54, 1.807) is 36.4 Å². The zero-order valence-corrected chi connectivity index (χ0v) is 11.0. The summed E-state index contributed by atoms with van der Waals surface area (Å²) in [4.78, 5) is 12.0. The van der Waals surface area contributed by atoms with E-state index >= 15 is 0 Å². The summed E-state index contributed by atoms with van der Waals surface area (Å²) in [5.74, 6) is -0.345. The monoisotopic (exact) mass is 271 g/mol. The molecule has 0 fully saturated rings. The van der Waals surface area contributed by atoms with E-state index in [9.17, 15) is 4.79 Å². The molecular weight excluding hydrogens is 258 g/mol. The molecule has 0 aliphatic carbocycles. The van der Waals surface area contributed by atoms with Gasteiger partial charge in [0.2, 0.25) is 5.78 Å². The van der Waals surface area contributed by atoms with Crippen LogP contribution < -0.4 is 10.6 Å². The molecule has 0 saturated heterocycles. The third-order valence-corrected chi connectivity index (χ3v) is 2.42. The smallest absolute Gasteiger partial charge is 0.205 e. The fraction of sp³-hybridized carbons (Fsp3) is 0.0714. The van der Waals surface area contributed by atoms with E-state index in [0.29, 0.717) is 17.2 Å². The van der Waals surface area contributed by atoms with E-state index in [4.69, 9.17) is 17.5 Å². The molecule has 5 heteroatoms. The molecule has 0 aliphatic rings. The summed E-state index contributed by atoms with van der Waals surface area (Å²) in [6.07, 6.45) is 2.95. The summed E-state index contributed by atoms with van der Waals surface area (Å²) in [7, 11) is 0. The van der Waals surface area contributed by atoms with Crippen LogP contribution in [0.5, 0.6) is 0 Å². The van der Waals surface area contributed by atoms with Gasteiger partial charge in [0.1, 0.15) is 11.6 Å². The first-order chi connectivity index (χ1) is 9.19. The first-order valence-corrected chi connectivity index (χ1v) is 5.95. The van der Waals surface area contributed by atoms with E-state index in [1.165, 1.54) is 6.20 Å². The minimum absolute atomic E-state index is 0.00560.